The van der Waals surface area contributed by atoms with E-state index in [2.05, 4.69) is 5.32 Å². The monoisotopic (exact) mass is 355 g/mol. The van der Waals surface area contributed by atoms with Crippen LogP contribution < -0.4 is 5.32 Å². The highest BCUT2D eigenvalue weighted by atomic mass is 32.2. The van der Waals surface area contributed by atoms with Gasteiger partial charge in [0.15, 0.2) is 0 Å². The molecule has 0 aromatic heterocycles. The summed E-state index contributed by atoms with van der Waals surface area (Å²) in [6.45, 7) is 2.94. The summed E-state index contributed by atoms with van der Waals surface area (Å²) < 4.78 is 40.1. The van der Waals surface area contributed by atoms with Crippen LogP contribution in [0.25, 0.3) is 0 Å². The Hall–Kier alpha value is -1.67. The van der Waals surface area contributed by atoms with E-state index < -0.39 is 15.8 Å². The molecule has 1 aromatic carbocycles. The molecule has 1 atom stereocenters. The molecule has 1 aliphatic carbocycles. The van der Waals surface area contributed by atoms with Crippen LogP contribution in [0.4, 0.5) is 9.18 Å². The number of hydrogen-bond donors (Lipinski definition) is 1. The van der Waals surface area contributed by atoms with Gasteiger partial charge in [-0.1, -0.05) is 12.1 Å². The largest absolute Gasteiger partial charge is 0.335 e. The zero-order chi connectivity index (χ0) is 17.3. The zero-order valence-corrected chi connectivity index (χ0v) is 14.4. The molecule has 2 fully saturated rings. The number of carbonyl (C=O) groups excluding carboxylic acids is 1. The van der Waals surface area contributed by atoms with Crippen LogP contribution in [-0.4, -0.2) is 55.9 Å². The molecule has 0 spiro atoms. The molecular formula is C16H22FN3O3S. The van der Waals surface area contributed by atoms with Gasteiger partial charge in [-0.25, -0.2) is 17.6 Å². The van der Waals surface area contributed by atoms with Gasteiger partial charge in [-0.2, -0.15) is 4.31 Å². The van der Waals surface area contributed by atoms with Gasteiger partial charge in [0.25, 0.3) is 0 Å². The number of halogens is 1. The van der Waals surface area contributed by atoms with Crippen LogP contribution in [-0.2, 0) is 10.0 Å². The molecule has 24 heavy (non-hydrogen) atoms. The molecule has 1 aliphatic heterocycles. The maximum Gasteiger partial charge on any atom is 0.317 e. The Bertz CT molecular complexity index is 713. The van der Waals surface area contributed by atoms with Gasteiger partial charge in [0.05, 0.1) is 0 Å². The molecule has 1 saturated heterocycles. The topological polar surface area (TPSA) is 69.7 Å². The van der Waals surface area contributed by atoms with Crippen molar-refractivity contribution in [3.05, 3.63) is 30.1 Å². The maximum absolute atomic E-state index is 13.8. The van der Waals surface area contributed by atoms with E-state index in [-0.39, 0.29) is 30.1 Å². The van der Waals surface area contributed by atoms with E-state index in [1.54, 1.807) is 4.90 Å². The third-order valence-electron chi connectivity index (χ3n) is 4.66. The fraction of sp³-hybridized carbons (Fsp3) is 0.562. The third-order valence-corrected chi connectivity index (χ3v) is 6.59. The predicted octanol–water partition coefficient (Wildman–Crippen LogP) is 1.64. The van der Waals surface area contributed by atoms with E-state index in [4.69, 9.17) is 0 Å². The highest BCUT2D eigenvalue weighted by Gasteiger charge is 2.33. The lowest BCUT2D eigenvalue weighted by molar-refractivity contribution is 0.168. The van der Waals surface area contributed by atoms with E-state index in [9.17, 15) is 17.6 Å². The lowest BCUT2D eigenvalue weighted by Crippen LogP contribution is -2.54. The van der Waals surface area contributed by atoms with Gasteiger partial charge < -0.3 is 10.2 Å². The van der Waals surface area contributed by atoms with Crippen LogP contribution in [0.2, 0.25) is 0 Å². The van der Waals surface area contributed by atoms with Crippen molar-refractivity contribution in [2.75, 3.05) is 26.2 Å². The summed E-state index contributed by atoms with van der Waals surface area (Å²) in [5, 5.41) is 2.96. The first-order valence-electron chi connectivity index (χ1n) is 8.19. The second-order valence-electron chi connectivity index (χ2n) is 6.40. The second kappa shape index (κ2) is 6.68. The minimum atomic E-state index is -3.87. The summed E-state index contributed by atoms with van der Waals surface area (Å²) in [6.07, 6.45) is 2.30. The van der Waals surface area contributed by atoms with Gasteiger partial charge in [0.1, 0.15) is 10.7 Å². The molecule has 3 rings (SSSR count). The van der Waals surface area contributed by atoms with Gasteiger partial charge >= 0.3 is 6.03 Å². The first-order chi connectivity index (χ1) is 11.4. The molecule has 8 heteroatoms. The first kappa shape index (κ1) is 17.2. The number of carbonyl (C=O) groups is 1. The molecular weight excluding hydrogens is 333 g/mol. The van der Waals surface area contributed by atoms with Gasteiger partial charge in [-0.15, -0.1) is 0 Å². The zero-order valence-electron chi connectivity index (χ0n) is 13.6. The Labute approximate surface area is 141 Å². The maximum atomic E-state index is 13.8. The van der Waals surface area contributed by atoms with Crippen molar-refractivity contribution in [1.29, 1.82) is 0 Å². The molecule has 2 amide bonds. The van der Waals surface area contributed by atoms with Gasteiger partial charge in [-0.3, -0.25) is 0 Å². The number of sulfonamides is 1. The number of rotatable bonds is 4. The quantitative estimate of drug-likeness (QED) is 0.893. The standard InChI is InChI=1S/C16H22FN3O3S/c1-12(13-6-7-13)18-16(21)19-8-10-20(11-9-19)24(22,23)15-5-3-2-4-14(15)17/h2-5,12-13H,6-11H2,1H3,(H,18,21)/t12-/m1/s1. The van der Waals surface area contributed by atoms with Crippen molar-refractivity contribution in [3.63, 3.8) is 0 Å². The molecule has 132 valence electrons. The molecule has 0 bridgehead atoms. The normalized spacial score (nSPS) is 20.7. The molecule has 0 radical (unpaired) electrons. The van der Waals surface area contributed by atoms with E-state index in [1.807, 2.05) is 6.92 Å². The summed E-state index contributed by atoms with van der Waals surface area (Å²) >= 11 is 0. The van der Waals surface area contributed by atoms with Gasteiger partial charge in [-0.05, 0) is 37.8 Å². The van der Waals surface area contributed by atoms with Gasteiger partial charge in [0, 0.05) is 32.2 Å². The number of piperazine rings is 1. The van der Waals surface area contributed by atoms with Crippen LogP contribution in [0.1, 0.15) is 19.8 Å². The SMILES string of the molecule is C[C@@H](NC(=O)N1CCN(S(=O)(=O)c2ccccc2F)CC1)C1CC1. The average molecular weight is 355 g/mol. The number of hydrogen-bond acceptors (Lipinski definition) is 3. The minimum Gasteiger partial charge on any atom is -0.335 e. The summed E-state index contributed by atoms with van der Waals surface area (Å²) in [4.78, 5) is 13.5. The molecule has 1 aromatic rings. The van der Waals surface area contributed by atoms with Crippen molar-refractivity contribution >= 4 is 16.1 Å². The summed E-state index contributed by atoms with van der Waals surface area (Å²) in [6, 6.07) is 5.35. The van der Waals surface area contributed by atoms with Crippen LogP contribution in [0.3, 0.4) is 0 Å². The fourth-order valence-electron chi connectivity index (χ4n) is 2.92. The van der Waals surface area contributed by atoms with Crippen LogP contribution in [0.15, 0.2) is 29.2 Å². The number of urea groups is 1. The molecule has 1 saturated carbocycles. The second-order valence-corrected chi connectivity index (χ2v) is 8.30. The smallest absolute Gasteiger partial charge is 0.317 e. The lowest BCUT2D eigenvalue weighted by atomic mass is 10.2. The Balaban J connectivity index is 1.60. The first-order valence-corrected chi connectivity index (χ1v) is 9.63. The van der Waals surface area contributed by atoms with E-state index in [0.29, 0.717) is 19.0 Å². The summed E-state index contributed by atoms with van der Waals surface area (Å²) in [5.41, 5.74) is 0. The number of nitrogens with zero attached hydrogens (tertiary/aromatic N) is 2. The lowest BCUT2D eigenvalue weighted by Gasteiger charge is -2.34. The number of benzene rings is 1. The number of nitrogens with one attached hydrogen (secondary N) is 1. The molecule has 6 nitrogen and oxygen atoms in total. The van der Waals surface area contributed by atoms with Crippen LogP contribution in [0, 0.1) is 11.7 Å². The predicted molar refractivity (Wildman–Crippen MR) is 87.4 cm³/mol. The molecule has 0 unspecified atom stereocenters. The Morgan fingerprint density at radius 2 is 1.83 bits per heavy atom. The Kier molecular flexibility index (Phi) is 4.78. The molecule has 1 N–H and O–H groups in total. The summed E-state index contributed by atoms with van der Waals surface area (Å²) in [7, 11) is -3.87. The van der Waals surface area contributed by atoms with Crippen molar-refractivity contribution in [2.24, 2.45) is 5.92 Å². The fourth-order valence-corrected chi connectivity index (χ4v) is 4.41. The van der Waals surface area contributed by atoms with Crippen LogP contribution >= 0.6 is 0 Å². The van der Waals surface area contributed by atoms with Crippen molar-refractivity contribution in [1.82, 2.24) is 14.5 Å². The number of amides is 2. The van der Waals surface area contributed by atoms with E-state index in [1.165, 1.54) is 22.5 Å². The van der Waals surface area contributed by atoms with Crippen molar-refractivity contribution < 1.29 is 17.6 Å². The van der Waals surface area contributed by atoms with E-state index >= 15 is 0 Å². The highest BCUT2D eigenvalue weighted by molar-refractivity contribution is 7.89. The molecule has 2 aliphatic rings. The molecule has 1 heterocycles. The van der Waals surface area contributed by atoms with Gasteiger partial charge in [0.2, 0.25) is 10.0 Å². The average Bonchev–Trinajstić information content (AvgIpc) is 3.40. The van der Waals surface area contributed by atoms with E-state index in [0.717, 1.165) is 18.9 Å². The van der Waals surface area contributed by atoms with Crippen molar-refractivity contribution in [2.45, 2.75) is 30.7 Å². The van der Waals surface area contributed by atoms with Crippen molar-refractivity contribution in [3.8, 4) is 0 Å². The van der Waals surface area contributed by atoms with Crippen LogP contribution in [0.5, 0.6) is 0 Å². The Morgan fingerprint density at radius 3 is 2.42 bits per heavy atom. The Morgan fingerprint density at radius 1 is 1.21 bits per heavy atom. The summed E-state index contributed by atoms with van der Waals surface area (Å²) in [5.74, 6) is -0.187. The minimum absolute atomic E-state index is 0.151. The third kappa shape index (κ3) is 3.54. The highest BCUT2D eigenvalue weighted by Crippen LogP contribution is 2.32.